The fraction of sp³-hybridized carbons (Fsp3) is 0.143. The average Bonchev–Trinajstić information content (AvgIpc) is 2.65. The second kappa shape index (κ2) is 7.61. The maximum absolute atomic E-state index is 12.8. The Morgan fingerprint density at radius 2 is 1.74 bits per heavy atom. The van der Waals surface area contributed by atoms with Crippen LogP contribution in [0.1, 0.15) is 27.0 Å². The van der Waals surface area contributed by atoms with E-state index in [0.717, 1.165) is 23.3 Å². The summed E-state index contributed by atoms with van der Waals surface area (Å²) in [6, 6.07) is 13.5. The van der Waals surface area contributed by atoms with Gasteiger partial charge in [0.15, 0.2) is 0 Å². The number of hydrogen-bond donors (Lipinski definition) is 1. The number of aromatic nitrogens is 1. The molecule has 0 saturated carbocycles. The van der Waals surface area contributed by atoms with E-state index in [1.165, 1.54) is 12.1 Å². The molecule has 27 heavy (non-hydrogen) atoms. The van der Waals surface area contributed by atoms with Crippen LogP contribution >= 0.6 is 0 Å². The lowest BCUT2D eigenvalue weighted by molar-refractivity contribution is -0.137. The molecule has 3 nitrogen and oxygen atoms in total. The Bertz CT molecular complexity index is 950. The van der Waals surface area contributed by atoms with Crippen molar-refractivity contribution in [1.82, 2.24) is 10.3 Å². The van der Waals surface area contributed by atoms with Gasteiger partial charge in [-0.05, 0) is 47.4 Å². The molecule has 0 radical (unpaired) electrons. The largest absolute Gasteiger partial charge is 0.416 e. The van der Waals surface area contributed by atoms with Gasteiger partial charge in [-0.2, -0.15) is 13.2 Å². The summed E-state index contributed by atoms with van der Waals surface area (Å²) in [5.41, 5.74) is 2.66. The predicted octanol–water partition coefficient (Wildman–Crippen LogP) is 5.01. The van der Waals surface area contributed by atoms with E-state index in [0.29, 0.717) is 23.2 Å². The Balaban J connectivity index is 1.82. The highest BCUT2D eigenvalue weighted by Gasteiger charge is 2.30. The van der Waals surface area contributed by atoms with Gasteiger partial charge in [-0.1, -0.05) is 36.4 Å². The zero-order valence-electron chi connectivity index (χ0n) is 14.5. The fourth-order valence-corrected chi connectivity index (χ4v) is 2.76. The number of rotatable bonds is 4. The third-order valence-electron chi connectivity index (χ3n) is 4.08. The monoisotopic (exact) mass is 370 g/mol. The lowest BCUT2D eigenvalue weighted by atomic mass is 9.98. The summed E-state index contributed by atoms with van der Waals surface area (Å²) in [6.45, 7) is 2.23. The van der Waals surface area contributed by atoms with Crippen molar-refractivity contribution in [2.45, 2.75) is 19.6 Å². The van der Waals surface area contributed by atoms with Crippen molar-refractivity contribution < 1.29 is 18.0 Å². The molecule has 0 unspecified atom stereocenters. The summed E-state index contributed by atoms with van der Waals surface area (Å²) < 4.78 is 38.3. The zero-order chi connectivity index (χ0) is 19.4. The molecule has 0 bridgehead atoms. The Labute approximate surface area is 154 Å². The molecule has 0 aliphatic heterocycles. The standard InChI is InChI=1S/C21H17F3N2O/c1-14-10-15(12-25-11-14)13-26-20(27)19-5-3-2-4-18(19)16-6-8-17(9-7-16)21(22,23)24/h2-12H,13H2,1H3,(H,26,27). The molecule has 6 heteroatoms. The summed E-state index contributed by atoms with van der Waals surface area (Å²) in [5.74, 6) is -0.299. The molecule has 1 amide bonds. The number of amides is 1. The van der Waals surface area contributed by atoms with Crippen LogP contribution in [0, 0.1) is 6.92 Å². The molecule has 3 rings (SSSR count). The van der Waals surface area contributed by atoms with E-state index in [-0.39, 0.29) is 5.91 Å². The number of nitrogens with zero attached hydrogens (tertiary/aromatic N) is 1. The van der Waals surface area contributed by atoms with E-state index in [4.69, 9.17) is 0 Å². The van der Waals surface area contributed by atoms with Crippen LogP contribution in [0.3, 0.4) is 0 Å². The zero-order valence-corrected chi connectivity index (χ0v) is 14.5. The summed E-state index contributed by atoms with van der Waals surface area (Å²) in [5, 5.41) is 2.83. The van der Waals surface area contributed by atoms with Crippen molar-refractivity contribution in [3.8, 4) is 11.1 Å². The lowest BCUT2D eigenvalue weighted by Crippen LogP contribution is -2.23. The first kappa shape index (κ1) is 18.6. The highest BCUT2D eigenvalue weighted by molar-refractivity contribution is 6.00. The van der Waals surface area contributed by atoms with Crippen molar-refractivity contribution in [3.05, 3.63) is 89.2 Å². The highest BCUT2D eigenvalue weighted by Crippen LogP contribution is 2.31. The van der Waals surface area contributed by atoms with Crippen molar-refractivity contribution in [2.75, 3.05) is 0 Å². The smallest absolute Gasteiger partial charge is 0.348 e. The van der Waals surface area contributed by atoms with Crippen LogP contribution in [0.4, 0.5) is 13.2 Å². The Hall–Kier alpha value is -3.15. The van der Waals surface area contributed by atoms with Crippen molar-refractivity contribution >= 4 is 5.91 Å². The Kier molecular flexibility index (Phi) is 5.26. The van der Waals surface area contributed by atoms with E-state index < -0.39 is 11.7 Å². The molecule has 1 N–H and O–H groups in total. The van der Waals surface area contributed by atoms with Gasteiger partial charge in [0.05, 0.1) is 5.56 Å². The van der Waals surface area contributed by atoms with Crippen LogP contribution in [-0.4, -0.2) is 10.9 Å². The average molecular weight is 370 g/mol. The van der Waals surface area contributed by atoms with Crippen molar-refractivity contribution in [1.29, 1.82) is 0 Å². The Morgan fingerprint density at radius 3 is 2.41 bits per heavy atom. The number of halogens is 3. The SMILES string of the molecule is Cc1cncc(CNC(=O)c2ccccc2-c2ccc(C(F)(F)F)cc2)c1. The molecule has 3 aromatic rings. The molecule has 0 saturated heterocycles. The van der Waals surface area contributed by atoms with E-state index in [1.54, 1.807) is 36.7 Å². The van der Waals surface area contributed by atoms with Gasteiger partial charge >= 0.3 is 6.18 Å². The quantitative estimate of drug-likeness (QED) is 0.702. The van der Waals surface area contributed by atoms with Gasteiger partial charge in [-0.15, -0.1) is 0 Å². The van der Waals surface area contributed by atoms with Gasteiger partial charge in [-0.25, -0.2) is 0 Å². The number of alkyl halides is 3. The Morgan fingerprint density at radius 1 is 1.04 bits per heavy atom. The second-order valence-electron chi connectivity index (χ2n) is 6.17. The molecular weight excluding hydrogens is 353 g/mol. The summed E-state index contributed by atoms with van der Waals surface area (Å²) in [4.78, 5) is 16.7. The molecular formula is C21H17F3N2O. The third kappa shape index (κ3) is 4.53. The van der Waals surface area contributed by atoms with E-state index in [9.17, 15) is 18.0 Å². The number of pyridine rings is 1. The van der Waals surface area contributed by atoms with Gasteiger partial charge < -0.3 is 5.32 Å². The minimum atomic E-state index is -4.39. The third-order valence-corrected chi connectivity index (χ3v) is 4.08. The lowest BCUT2D eigenvalue weighted by Gasteiger charge is -2.12. The molecule has 2 aromatic carbocycles. The predicted molar refractivity (Wildman–Crippen MR) is 97.0 cm³/mol. The minimum Gasteiger partial charge on any atom is -0.348 e. The number of carbonyl (C=O) groups is 1. The maximum atomic E-state index is 12.8. The topological polar surface area (TPSA) is 42.0 Å². The first-order valence-corrected chi connectivity index (χ1v) is 8.30. The van der Waals surface area contributed by atoms with Gasteiger partial charge in [0.25, 0.3) is 5.91 Å². The second-order valence-corrected chi connectivity index (χ2v) is 6.17. The van der Waals surface area contributed by atoms with Crippen LogP contribution in [-0.2, 0) is 12.7 Å². The van der Waals surface area contributed by atoms with Crippen LogP contribution in [0.5, 0.6) is 0 Å². The summed E-state index contributed by atoms with van der Waals surface area (Å²) in [6.07, 6.45) is -0.989. The van der Waals surface area contributed by atoms with Gasteiger partial charge in [0, 0.05) is 24.5 Å². The van der Waals surface area contributed by atoms with Crippen LogP contribution in [0.15, 0.2) is 67.0 Å². The van der Waals surface area contributed by atoms with Crippen molar-refractivity contribution in [2.24, 2.45) is 0 Å². The minimum absolute atomic E-state index is 0.299. The first-order chi connectivity index (χ1) is 12.8. The fourth-order valence-electron chi connectivity index (χ4n) is 2.76. The molecule has 0 aliphatic carbocycles. The summed E-state index contributed by atoms with van der Waals surface area (Å²) >= 11 is 0. The number of carbonyl (C=O) groups excluding carboxylic acids is 1. The first-order valence-electron chi connectivity index (χ1n) is 8.30. The molecule has 1 aromatic heterocycles. The molecule has 0 spiro atoms. The molecule has 0 fully saturated rings. The number of aryl methyl sites for hydroxylation is 1. The molecule has 1 heterocycles. The molecule has 0 aliphatic rings. The number of benzene rings is 2. The normalized spacial score (nSPS) is 11.3. The number of nitrogens with one attached hydrogen (secondary N) is 1. The van der Waals surface area contributed by atoms with Crippen LogP contribution in [0.25, 0.3) is 11.1 Å². The van der Waals surface area contributed by atoms with Crippen molar-refractivity contribution in [3.63, 3.8) is 0 Å². The highest BCUT2D eigenvalue weighted by atomic mass is 19.4. The maximum Gasteiger partial charge on any atom is 0.416 e. The van der Waals surface area contributed by atoms with E-state index in [2.05, 4.69) is 10.3 Å². The van der Waals surface area contributed by atoms with E-state index in [1.807, 2.05) is 13.0 Å². The van der Waals surface area contributed by atoms with Gasteiger partial charge in [-0.3, -0.25) is 9.78 Å². The molecule has 0 atom stereocenters. The van der Waals surface area contributed by atoms with Crippen LogP contribution < -0.4 is 5.32 Å². The molecule has 138 valence electrons. The summed E-state index contributed by atoms with van der Waals surface area (Å²) in [7, 11) is 0. The van der Waals surface area contributed by atoms with Gasteiger partial charge in [0.2, 0.25) is 0 Å². The van der Waals surface area contributed by atoms with Gasteiger partial charge in [0.1, 0.15) is 0 Å². The number of hydrogen-bond acceptors (Lipinski definition) is 2. The van der Waals surface area contributed by atoms with E-state index >= 15 is 0 Å². The van der Waals surface area contributed by atoms with Crippen LogP contribution in [0.2, 0.25) is 0 Å².